The Bertz CT molecular complexity index is 917. The van der Waals surface area contributed by atoms with Crippen molar-refractivity contribution in [1.29, 1.82) is 0 Å². The van der Waals surface area contributed by atoms with E-state index in [-0.39, 0.29) is 17.6 Å². The van der Waals surface area contributed by atoms with Crippen LogP contribution in [0.15, 0.2) is 36.5 Å². The lowest BCUT2D eigenvalue weighted by atomic mass is 9.73. The van der Waals surface area contributed by atoms with E-state index in [1.807, 2.05) is 32.0 Å². The number of rotatable bonds is 4. The van der Waals surface area contributed by atoms with Crippen molar-refractivity contribution in [3.05, 3.63) is 53.5 Å². The van der Waals surface area contributed by atoms with E-state index < -0.39 is 0 Å². The average molecular weight is 378 g/mol. The summed E-state index contributed by atoms with van der Waals surface area (Å²) in [6.45, 7) is 6.42. The molecule has 3 saturated heterocycles. The maximum absolute atomic E-state index is 12.6. The fourth-order valence-corrected chi connectivity index (χ4v) is 5.36. The number of ether oxygens (including phenoxy) is 1. The van der Waals surface area contributed by atoms with Crippen LogP contribution in [0.25, 0.3) is 0 Å². The van der Waals surface area contributed by atoms with Gasteiger partial charge in [0, 0.05) is 43.4 Å². The van der Waals surface area contributed by atoms with Gasteiger partial charge in [0.2, 0.25) is 0 Å². The highest BCUT2D eigenvalue weighted by Crippen LogP contribution is 2.55. The van der Waals surface area contributed by atoms with Gasteiger partial charge in [-0.15, -0.1) is 0 Å². The van der Waals surface area contributed by atoms with Crippen LogP contribution in [0, 0.1) is 25.7 Å². The van der Waals surface area contributed by atoms with Crippen LogP contribution in [0.1, 0.15) is 34.6 Å². The molecule has 0 radical (unpaired) electrons. The molecule has 1 spiro atoms. The molecule has 3 aliphatic heterocycles. The molecule has 6 nitrogen and oxygen atoms in total. The van der Waals surface area contributed by atoms with Crippen molar-refractivity contribution in [2.24, 2.45) is 11.8 Å². The van der Waals surface area contributed by atoms with E-state index in [9.17, 15) is 4.79 Å². The van der Waals surface area contributed by atoms with Crippen LogP contribution in [-0.4, -0.2) is 47.2 Å². The molecule has 6 heteroatoms. The molecule has 2 bridgehead atoms. The van der Waals surface area contributed by atoms with E-state index in [1.54, 1.807) is 6.20 Å². The summed E-state index contributed by atoms with van der Waals surface area (Å²) < 4.78 is 6.50. The van der Waals surface area contributed by atoms with Crippen molar-refractivity contribution in [3.8, 4) is 0 Å². The summed E-state index contributed by atoms with van der Waals surface area (Å²) in [7, 11) is 0. The molecule has 3 fully saturated rings. The van der Waals surface area contributed by atoms with E-state index >= 15 is 0 Å². The number of nitrogens with zero attached hydrogens (tertiary/aromatic N) is 3. The summed E-state index contributed by atoms with van der Waals surface area (Å²) in [5.41, 5.74) is 2.37. The summed E-state index contributed by atoms with van der Waals surface area (Å²) in [5.74, 6) is 1.71. The quantitative estimate of drug-likeness (QED) is 0.885. The second kappa shape index (κ2) is 6.55. The molecule has 1 amide bonds. The number of anilines is 1. The van der Waals surface area contributed by atoms with Crippen molar-refractivity contribution in [2.45, 2.75) is 38.4 Å². The van der Waals surface area contributed by atoms with Gasteiger partial charge in [-0.3, -0.25) is 9.78 Å². The van der Waals surface area contributed by atoms with Crippen LogP contribution >= 0.6 is 0 Å². The number of aryl methyl sites for hydroxylation is 2. The summed E-state index contributed by atoms with van der Waals surface area (Å²) in [5, 5.41) is 3.12. The summed E-state index contributed by atoms with van der Waals surface area (Å²) in [4.78, 5) is 23.9. The Balaban J connectivity index is 1.31. The SMILES string of the molecule is Cc1cccc(N2C[C@@H]3[C@H](CNC(=O)c4ncccc4C)[C@H]4CC[C@]3(C2)O4)n1. The Kier molecular flexibility index (Phi) is 4.12. The fourth-order valence-electron chi connectivity index (χ4n) is 5.36. The fraction of sp³-hybridized carbons (Fsp3) is 0.500. The first-order valence-corrected chi connectivity index (χ1v) is 10.1. The van der Waals surface area contributed by atoms with Crippen LogP contribution in [-0.2, 0) is 4.74 Å². The first-order valence-electron chi connectivity index (χ1n) is 10.1. The van der Waals surface area contributed by atoms with Gasteiger partial charge in [-0.25, -0.2) is 4.98 Å². The third-order valence-corrected chi connectivity index (χ3v) is 6.70. The molecule has 5 rings (SSSR count). The minimum atomic E-state index is -0.0925. The number of amides is 1. The Morgan fingerprint density at radius 2 is 2.21 bits per heavy atom. The van der Waals surface area contributed by atoms with Gasteiger partial charge in [-0.2, -0.15) is 0 Å². The molecule has 4 atom stereocenters. The average Bonchev–Trinajstić information content (AvgIpc) is 3.35. The first kappa shape index (κ1) is 17.6. The molecule has 0 unspecified atom stereocenters. The van der Waals surface area contributed by atoms with Gasteiger partial charge in [0.15, 0.2) is 0 Å². The lowest BCUT2D eigenvalue weighted by Crippen LogP contribution is -2.42. The lowest BCUT2D eigenvalue weighted by molar-refractivity contribution is 0.0141. The molecule has 3 aliphatic rings. The second-order valence-corrected chi connectivity index (χ2v) is 8.43. The van der Waals surface area contributed by atoms with Crippen molar-refractivity contribution >= 4 is 11.7 Å². The van der Waals surface area contributed by atoms with Gasteiger partial charge in [0.1, 0.15) is 11.5 Å². The number of fused-ring (bicyclic) bond motifs is 1. The topological polar surface area (TPSA) is 67.4 Å². The van der Waals surface area contributed by atoms with E-state index in [4.69, 9.17) is 9.72 Å². The van der Waals surface area contributed by atoms with Crippen molar-refractivity contribution < 1.29 is 9.53 Å². The monoisotopic (exact) mass is 378 g/mol. The molecular formula is C22H26N4O2. The summed E-state index contributed by atoms with van der Waals surface area (Å²) in [6.07, 6.45) is 4.10. The highest BCUT2D eigenvalue weighted by molar-refractivity contribution is 5.93. The minimum absolute atomic E-state index is 0.0770. The number of aromatic nitrogens is 2. The Morgan fingerprint density at radius 1 is 1.32 bits per heavy atom. The third-order valence-electron chi connectivity index (χ3n) is 6.70. The molecule has 2 aromatic heterocycles. The van der Waals surface area contributed by atoms with Crippen molar-refractivity contribution in [3.63, 3.8) is 0 Å². The molecule has 0 aliphatic carbocycles. The normalized spacial score (nSPS) is 30.5. The van der Waals surface area contributed by atoms with Crippen molar-refractivity contribution in [1.82, 2.24) is 15.3 Å². The Morgan fingerprint density at radius 3 is 3.04 bits per heavy atom. The molecule has 1 N–H and O–H groups in total. The molecule has 146 valence electrons. The number of hydrogen-bond acceptors (Lipinski definition) is 5. The lowest BCUT2D eigenvalue weighted by Gasteiger charge is -2.29. The van der Waals surface area contributed by atoms with E-state index in [2.05, 4.69) is 27.3 Å². The second-order valence-electron chi connectivity index (χ2n) is 8.43. The molecule has 0 aromatic carbocycles. The zero-order chi connectivity index (χ0) is 19.3. The van der Waals surface area contributed by atoms with Gasteiger partial charge < -0.3 is 15.0 Å². The van der Waals surface area contributed by atoms with Crippen LogP contribution in [0.4, 0.5) is 5.82 Å². The standard InChI is InChI=1S/C22H26N4O2/c1-14-5-4-10-23-20(14)21(27)24-11-16-17-12-26(19-7-3-6-15(2)25-19)13-22(17)9-8-18(16)28-22/h3-7,10,16-18H,8-9,11-13H2,1-2H3,(H,24,27)/t16-,17+,18+,22+/m0/s1. The van der Waals surface area contributed by atoms with Gasteiger partial charge in [0.25, 0.3) is 5.91 Å². The predicted octanol–water partition coefficient (Wildman–Crippen LogP) is 2.51. The molecular weight excluding hydrogens is 352 g/mol. The molecule has 5 heterocycles. The van der Waals surface area contributed by atoms with E-state index in [0.29, 0.717) is 24.1 Å². The van der Waals surface area contributed by atoms with Crippen LogP contribution < -0.4 is 10.2 Å². The van der Waals surface area contributed by atoms with Gasteiger partial charge in [-0.1, -0.05) is 12.1 Å². The predicted molar refractivity (Wildman–Crippen MR) is 106 cm³/mol. The van der Waals surface area contributed by atoms with Crippen LogP contribution in [0.5, 0.6) is 0 Å². The highest BCUT2D eigenvalue weighted by Gasteiger charge is 2.63. The van der Waals surface area contributed by atoms with Gasteiger partial charge in [-0.05, 0) is 50.5 Å². The largest absolute Gasteiger partial charge is 0.369 e. The van der Waals surface area contributed by atoms with Crippen LogP contribution in [0.3, 0.4) is 0 Å². The number of carbonyl (C=O) groups excluding carboxylic acids is 1. The maximum atomic E-state index is 12.6. The number of pyridine rings is 2. The minimum Gasteiger partial charge on any atom is -0.369 e. The zero-order valence-corrected chi connectivity index (χ0v) is 16.4. The molecule has 2 aromatic rings. The van der Waals surface area contributed by atoms with Gasteiger partial charge in [0.05, 0.1) is 11.7 Å². The summed E-state index contributed by atoms with van der Waals surface area (Å²) in [6, 6.07) is 9.94. The smallest absolute Gasteiger partial charge is 0.270 e. The maximum Gasteiger partial charge on any atom is 0.270 e. The Hall–Kier alpha value is -2.47. The highest BCUT2D eigenvalue weighted by atomic mass is 16.5. The third kappa shape index (κ3) is 2.78. The van der Waals surface area contributed by atoms with Gasteiger partial charge >= 0.3 is 0 Å². The first-order chi connectivity index (χ1) is 13.6. The van der Waals surface area contributed by atoms with E-state index in [0.717, 1.165) is 43.0 Å². The number of carbonyl (C=O) groups is 1. The number of hydrogen-bond donors (Lipinski definition) is 1. The van der Waals surface area contributed by atoms with E-state index in [1.165, 1.54) is 0 Å². The molecule has 0 saturated carbocycles. The summed E-state index contributed by atoms with van der Waals surface area (Å²) >= 11 is 0. The zero-order valence-electron chi connectivity index (χ0n) is 16.4. The van der Waals surface area contributed by atoms with Crippen molar-refractivity contribution in [2.75, 3.05) is 24.5 Å². The van der Waals surface area contributed by atoms with Crippen LogP contribution in [0.2, 0.25) is 0 Å². The Labute approximate surface area is 165 Å². The number of nitrogens with one attached hydrogen (secondary N) is 1. The molecule has 28 heavy (non-hydrogen) atoms.